The zero-order valence-corrected chi connectivity index (χ0v) is 16.8. The highest BCUT2D eigenvalue weighted by Gasteiger charge is 2.32. The van der Waals surface area contributed by atoms with Crippen LogP contribution >= 0.6 is 23.2 Å². The zero-order chi connectivity index (χ0) is 20.2. The van der Waals surface area contributed by atoms with Crippen molar-refractivity contribution in [1.29, 1.82) is 0 Å². The molecule has 4 rings (SSSR count). The highest BCUT2D eigenvalue weighted by molar-refractivity contribution is 6.38. The quantitative estimate of drug-likeness (QED) is 0.703. The van der Waals surface area contributed by atoms with Crippen molar-refractivity contribution < 1.29 is 9.90 Å². The van der Waals surface area contributed by atoms with Crippen LogP contribution in [0.3, 0.4) is 0 Å². The monoisotopic (exact) mass is 418 g/mol. The second kappa shape index (κ2) is 6.98. The first-order valence-corrected chi connectivity index (χ1v) is 9.97. The number of nitrogens with two attached hydrogens (primary N) is 1. The summed E-state index contributed by atoms with van der Waals surface area (Å²) in [5.41, 5.74) is 8.32. The maximum absolute atomic E-state index is 12.8. The zero-order valence-electron chi connectivity index (χ0n) is 15.3. The van der Waals surface area contributed by atoms with Gasteiger partial charge in [-0.3, -0.25) is 9.36 Å². The lowest BCUT2D eigenvalue weighted by molar-refractivity contribution is 0.0694. The first-order chi connectivity index (χ1) is 13.3. The standard InChI is InChI=1S/C21H20Cl2N2O3/c1-10-6-18-14(11-2-3-11)9-15(21(27)28)20(26)25(18)5-4-13(10)12-7-16(22)19(24)17(23)8-12/h4-5,7-11,13H,2-3,6,24H2,1H3,(H,27,28). The lowest BCUT2D eigenvalue weighted by Gasteiger charge is -2.22. The summed E-state index contributed by atoms with van der Waals surface area (Å²) < 4.78 is 1.51. The minimum Gasteiger partial charge on any atom is -0.477 e. The van der Waals surface area contributed by atoms with Crippen LogP contribution in [0.4, 0.5) is 5.69 Å². The summed E-state index contributed by atoms with van der Waals surface area (Å²) in [6.07, 6.45) is 6.31. The average Bonchev–Trinajstić information content (AvgIpc) is 3.46. The van der Waals surface area contributed by atoms with Gasteiger partial charge in [-0.2, -0.15) is 0 Å². The Morgan fingerprint density at radius 1 is 1.21 bits per heavy atom. The number of carboxylic acid groups (broad SMARTS) is 1. The number of nitrogens with zero attached hydrogens (tertiary/aromatic N) is 1. The van der Waals surface area contributed by atoms with Gasteiger partial charge < -0.3 is 10.8 Å². The molecule has 2 aliphatic rings. The van der Waals surface area contributed by atoms with E-state index in [-0.39, 0.29) is 17.4 Å². The molecule has 0 radical (unpaired) electrons. The van der Waals surface area contributed by atoms with Crippen LogP contribution in [0.2, 0.25) is 10.0 Å². The van der Waals surface area contributed by atoms with Crippen LogP contribution in [0.25, 0.3) is 6.20 Å². The first-order valence-electron chi connectivity index (χ1n) is 9.22. The predicted molar refractivity (Wildman–Crippen MR) is 111 cm³/mol. The fourth-order valence-electron chi connectivity index (χ4n) is 4.00. The molecule has 3 N–H and O–H groups in total. The maximum atomic E-state index is 12.8. The van der Waals surface area contributed by atoms with E-state index in [0.29, 0.717) is 28.1 Å². The number of hydrogen-bond donors (Lipinski definition) is 2. The molecule has 1 aliphatic heterocycles. The Labute approximate surface area is 172 Å². The summed E-state index contributed by atoms with van der Waals surface area (Å²) in [5, 5.41) is 10.2. The number of allylic oxidation sites excluding steroid dienone is 1. The van der Waals surface area contributed by atoms with Gasteiger partial charge >= 0.3 is 5.97 Å². The molecule has 1 aromatic heterocycles. The molecule has 1 saturated carbocycles. The van der Waals surface area contributed by atoms with Gasteiger partial charge in [0.1, 0.15) is 5.56 Å². The Kier molecular flexibility index (Phi) is 4.76. The molecule has 0 amide bonds. The molecule has 1 fully saturated rings. The molecule has 2 heterocycles. The summed E-state index contributed by atoms with van der Waals surface area (Å²) in [5.74, 6) is -0.734. The van der Waals surface area contributed by atoms with Crippen LogP contribution in [-0.4, -0.2) is 15.6 Å². The number of fused-ring (bicyclic) bond motifs is 1. The molecule has 2 aromatic rings. The van der Waals surface area contributed by atoms with Crippen molar-refractivity contribution in [3.05, 3.63) is 67.1 Å². The Balaban J connectivity index is 1.84. The number of carbonyl (C=O) groups is 1. The minimum absolute atomic E-state index is 0.0322. The fraction of sp³-hybridized carbons (Fsp3) is 0.333. The molecule has 146 valence electrons. The van der Waals surface area contributed by atoms with E-state index in [4.69, 9.17) is 28.9 Å². The van der Waals surface area contributed by atoms with Gasteiger partial charge in [-0.15, -0.1) is 0 Å². The summed E-state index contributed by atoms with van der Waals surface area (Å²) >= 11 is 12.4. The van der Waals surface area contributed by atoms with Crippen LogP contribution in [0, 0.1) is 5.92 Å². The molecule has 1 aliphatic carbocycles. The van der Waals surface area contributed by atoms with Gasteiger partial charge in [0.05, 0.1) is 15.7 Å². The number of benzene rings is 1. The number of anilines is 1. The minimum atomic E-state index is -1.19. The maximum Gasteiger partial charge on any atom is 0.341 e. The van der Waals surface area contributed by atoms with Crippen molar-refractivity contribution in [2.75, 3.05) is 5.73 Å². The topological polar surface area (TPSA) is 85.3 Å². The Bertz CT molecular complexity index is 1050. The van der Waals surface area contributed by atoms with Gasteiger partial charge in [0, 0.05) is 17.8 Å². The second-order valence-corrected chi connectivity index (χ2v) is 8.48. The van der Waals surface area contributed by atoms with Gasteiger partial charge in [0.15, 0.2) is 0 Å². The van der Waals surface area contributed by atoms with Crippen molar-refractivity contribution in [3.63, 3.8) is 0 Å². The van der Waals surface area contributed by atoms with Crippen LogP contribution < -0.4 is 11.3 Å². The number of hydrogen-bond acceptors (Lipinski definition) is 3. The Morgan fingerprint density at radius 3 is 2.43 bits per heavy atom. The SMILES string of the molecule is CC1Cc2c(C3CC3)cc(C(=O)O)c(=O)n2C=CC1c1cc(Cl)c(N)c(Cl)c1. The van der Waals surface area contributed by atoms with Crippen molar-refractivity contribution >= 4 is 41.1 Å². The van der Waals surface area contributed by atoms with Crippen LogP contribution in [0.15, 0.2) is 29.1 Å². The number of halogens is 2. The normalized spacial score (nSPS) is 21.2. The van der Waals surface area contributed by atoms with Gasteiger partial charge in [0.2, 0.25) is 0 Å². The number of pyridine rings is 1. The molecule has 5 nitrogen and oxygen atoms in total. The summed E-state index contributed by atoms with van der Waals surface area (Å²) in [6.45, 7) is 2.11. The first kappa shape index (κ1) is 19.1. The smallest absolute Gasteiger partial charge is 0.341 e. The van der Waals surface area contributed by atoms with E-state index in [9.17, 15) is 14.7 Å². The number of rotatable bonds is 3. The van der Waals surface area contributed by atoms with E-state index >= 15 is 0 Å². The summed E-state index contributed by atoms with van der Waals surface area (Å²) in [6, 6.07) is 5.18. The van der Waals surface area contributed by atoms with E-state index in [1.54, 1.807) is 24.4 Å². The molecule has 0 spiro atoms. The Hall–Kier alpha value is -2.24. The largest absolute Gasteiger partial charge is 0.477 e. The van der Waals surface area contributed by atoms with Crippen LogP contribution in [0.1, 0.15) is 58.8 Å². The number of carboxylic acids is 1. The van der Waals surface area contributed by atoms with E-state index in [0.717, 1.165) is 29.7 Å². The number of aromatic nitrogens is 1. The van der Waals surface area contributed by atoms with E-state index in [1.807, 2.05) is 6.08 Å². The second-order valence-electron chi connectivity index (χ2n) is 7.66. The number of aromatic carboxylic acids is 1. The van der Waals surface area contributed by atoms with Gasteiger partial charge in [0.25, 0.3) is 5.56 Å². The molecular weight excluding hydrogens is 399 g/mol. The average molecular weight is 419 g/mol. The molecule has 0 saturated heterocycles. The van der Waals surface area contributed by atoms with Crippen LogP contribution in [0.5, 0.6) is 0 Å². The molecule has 0 bridgehead atoms. The molecular formula is C21H20Cl2N2O3. The molecule has 7 heteroatoms. The molecule has 2 unspecified atom stereocenters. The Morgan fingerprint density at radius 2 is 1.86 bits per heavy atom. The van der Waals surface area contributed by atoms with E-state index in [1.165, 1.54) is 4.57 Å². The van der Waals surface area contributed by atoms with Crippen molar-refractivity contribution in [2.45, 2.75) is 38.0 Å². The molecule has 2 atom stereocenters. The van der Waals surface area contributed by atoms with Crippen molar-refractivity contribution in [1.82, 2.24) is 4.57 Å². The highest BCUT2D eigenvalue weighted by Crippen LogP contribution is 2.44. The number of nitrogen functional groups attached to an aromatic ring is 1. The summed E-state index contributed by atoms with van der Waals surface area (Å²) in [4.78, 5) is 24.3. The predicted octanol–water partition coefficient (Wildman–Crippen LogP) is 4.76. The third-order valence-corrected chi connectivity index (χ3v) is 6.30. The van der Waals surface area contributed by atoms with Crippen molar-refractivity contribution in [2.24, 2.45) is 5.92 Å². The van der Waals surface area contributed by atoms with E-state index < -0.39 is 11.5 Å². The fourth-order valence-corrected chi connectivity index (χ4v) is 4.51. The molecule has 1 aromatic carbocycles. The highest BCUT2D eigenvalue weighted by atomic mass is 35.5. The third-order valence-electron chi connectivity index (χ3n) is 5.68. The van der Waals surface area contributed by atoms with Gasteiger partial charge in [-0.1, -0.05) is 36.2 Å². The van der Waals surface area contributed by atoms with Crippen molar-refractivity contribution in [3.8, 4) is 0 Å². The lowest BCUT2D eigenvalue weighted by atomic mass is 9.84. The summed E-state index contributed by atoms with van der Waals surface area (Å²) in [7, 11) is 0. The third kappa shape index (κ3) is 3.23. The van der Waals surface area contributed by atoms with Gasteiger partial charge in [-0.05, 0) is 60.4 Å². The van der Waals surface area contributed by atoms with Gasteiger partial charge in [-0.25, -0.2) is 4.79 Å². The van der Waals surface area contributed by atoms with Crippen LogP contribution in [-0.2, 0) is 6.42 Å². The molecule has 28 heavy (non-hydrogen) atoms. The lowest BCUT2D eigenvalue weighted by Crippen LogP contribution is -2.27. The van der Waals surface area contributed by atoms with E-state index in [2.05, 4.69) is 6.92 Å².